The summed E-state index contributed by atoms with van der Waals surface area (Å²) in [5.41, 5.74) is 1.02. The van der Waals surface area contributed by atoms with Gasteiger partial charge in [-0.3, -0.25) is 14.4 Å². The van der Waals surface area contributed by atoms with E-state index in [1.807, 2.05) is 0 Å². The molecule has 3 aromatic rings. The lowest BCUT2D eigenvalue weighted by atomic mass is 10.1. The second kappa shape index (κ2) is 9.13. The minimum Gasteiger partial charge on any atom is -0.463 e. The van der Waals surface area contributed by atoms with Crippen LogP contribution in [0.15, 0.2) is 65.5 Å². The molecule has 7 nitrogen and oxygen atoms in total. The topological polar surface area (TPSA) is 90.3 Å². The van der Waals surface area contributed by atoms with E-state index in [0.29, 0.717) is 23.4 Å². The van der Waals surface area contributed by atoms with Crippen molar-refractivity contribution in [1.82, 2.24) is 9.78 Å². The van der Waals surface area contributed by atoms with Crippen molar-refractivity contribution in [2.45, 2.75) is 26.4 Å². The van der Waals surface area contributed by atoms with E-state index in [-0.39, 0.29) is 11.7 Å². The first-order valence-corrected chi connectivity index (χ1v) is 9.32. The van der Waals surface area contributed by atoms with Crippen LogP contribution in [0.25, 0.3) is 5.69 Å². The molecule has 154 valence electrons. The highest BCUT2D eigenvalue weighted by molar-refractivity contribution is 5.96. The quantitative estimate of drug-likeness (QED) is 0.604. The first kappa shape index (κ1) is 20.9. The third-order valence-corrected chi connectivity index (χ3v) is 4.33. The summed E-state index contributed by atoms with van der Waals surface area (Å²) in [5, 5.41) is 6.85. The summed E-state index contributed by atoms with van der Waals surface area (Å²) in [6, 6.07) is 14.4. The third-order valence-electron chi connectivity index (χ3n) is 4.33. The number of rotatable bonds is 7. The Morgan fingerprint density at radius 1 is 1.07 bits per heavy atom. The van der Waals surface area contributed by atoms with Gasteiger partial charge in [-0.15, -0.1) is 5.10 Å². The Morgan fingerprint density at radius 3 is 2.33 bits per heavy atom. The summed E-state index contributed by atoms with van der Waals surface area (Å²) >= 11 is 0. The molecule has 0 aliphatic heterocycles. The van der Waals surface area contributed by atoms with Crippen molar-refractivity contribution in [2.75, 3.05) is 5.32 Å². The molecule has 0 aliphatic rings. The number of nitrogens with one attached hydrogen (secondary N) is 1. The van der Waals surface area contributed by atoms with Crippen molar-refractivity contribution in [1.29, 1.82) is 0 Å². The van der Waals surface area contributed by atoms with Crippen LogP contribution in [0.3, 0.4) is 0 Å². The van der Waals surface area contributed by atoms with Crippen molar-refractivity contribution in [3.05, 3.63) is 82.4 Å². The number of carbonyl (C=O) groups is 2. The maximum absolute atomic E-state index is 13.1. The summed E-state index contributed by atoms with van der Waals surface area (Å²) in [5.74, 6) is -0.814. The maximum atomic E-state index is 13.1. The fourth-order valence-electron chi connectivity index (χ4n) is 2.70. The number of aromatic nitrogens is 2. The molecular formula is C22H20FN3O4. The van der Waals surface area contributed by atoms with Crippen molar-refractivity contribution >= 4 is 17.4 Å². The lowest BCUT2D eigenvalue weighted by Crippen LogP contribution is -2.33. The van der Waals surface area contributed by atoms with E-state index in [9.17, 15) is 18.8 Å². The number of hydrogen-bond acceptors (Lipinski definition) is 5. The Hall–Kier alpha value is -3.81. The van der Waals surface area contributed by atoms with Crippen LogP contribution < -0.4 is 15.6 Å². The Kier molecular flexibility index (Phi) is 6.36. The van der Waals surface area contributed by atoms with Gasteiger partial charge in [-0.1, -0.05) is 6.92 Å². The van der Waals surface area contributed by atoms with E-state index in [4.69, 9.17) is 4.74 Å². The smallest absolute Gasteiger partial charge is 0.271 e. The van der Waals surface area contributed by atoms with Crippen LogP contribution in [-0.2, 0) is 4.79 Å². The van der Waals surface area contributed by atoms with E-state index in [0.717, 1.165) is 4.68 Å². The second-order valence-electron chi connectivity index (χ2n) is 6.54. The number of hydrogen-bond donors (Lipinski definition) is 1. The van der Waals surface area contributed by atoms with Crippen LogP contribution >= 0.6 is 0 Å². The molecular weight excluding hydrogens is 389 g/mol. The molecule has 0 fully saturated rings. The SMILES string of the molecule is CCC(Oc1ccc(=O)n(-c2ccc(F)cc2)n1)C(=O)Nc1ccc(C(C)=O)cc1. The van der Waals surface area contributed by atoms with Gasteiger partial charge in [0.1, 0.15) is 5.82 Å². The molecule has 0 saturated carbocycles. The van der Waals surface area contributed by atoms with Gasteiger partial charge >= 0.3 is 0 Å². The summed E-state index contributed by atoms with van der Waals surface area (Å²) in [6.45, 7) is 3.24. The number of ether oxygens (including phenoxy) is 1. The highest BCUT2D eigenvalue weighted by atomic mass is 19.1. The standard InChI is InChI=1S/C22H20FN3O4/c1-3-19(22(29)24-17-8-4-15(5-9-17)14(2)27)30-20-12-13-21(28)26(25-20)18-10-6-16(23)7-11-18/h4-13,19H,3H2,1-2H3,(H,24,29). The lowest BCUT2D eigenvalue weighted by Gasteiger charge is -2.17. The fourth-order valence-corrected chi connectivity index (χ4v) is 2.70. The van der Waals surface area contributed by atoms with E-state index in [2.05, 4.69) is 10.4 Å². The number of ketones is 1. The number of benzene rings is 2. The van der Waals surface area contributed by atoms with Gasteiger partial charge in [0.05, 0.1) is 5.69 Å². The minimum atomic E-state index is -0.857. The highest BCUT2D eigenvalue weighted by Crippen LogP contribution is 2.14. The number of Topliss-reactive ketones (excluding diaryl/α,β-unsaturated/α-hetero) is 1. The predicted molar refractivity (Wildman–Crippen MR) is 110 cm³/mol. The van der Waals surface area contributed by atoms with Crippen LogP contribution in [-0.4, -0.2) is 27.6 Å². The molecule has 1 amide bonds. The van der Waals surface area contributed by atoms with Gasteiger partial charge < -0.3 is 10.1 Å². The molecule has 8 heteroatoms. The summed E-state index contributed by atoms with van der Waals surface area (Å²) in [7, 11) is 0. The molecule has 30 heavy (non-hydrogen) atoms. The van der Waals surface area contributed by atoms with Gasteiger partial charge in [0.25, 0.3) is 11.5 Å². The monoisotopic (exact) mass is 409 g/mol. The lowest BCUT2D eigenvalue weighted by molar-refractivity contribution is -0.123. The Labute approximate surface area is 172 Å². The third kappa shape index (κ3) is 4.96. The Bertz CT molecular complexity index is 1110. The summed E-state index contributed by atoms with van der Waals surface area (Å²) in [6.07, 6.45) is -0.501. The fraction of sp³-hybridized carbons (Fsp3) is 0.182. The number of halogens is 1. The number of anilines is 1. The first-order valence-electron chi connectivity index (χ1n) is 9.32. The second-order valence-corrected chi connectivity index (χ2v) is 6.54. The van der Waals surface area contributed by atoms with Gasteiger partial charge in [0.15, 0.2) is 11.9 Å². The molecule has 0 spiro atoms. The average Bonchev–Trinajstić information content (AvgIpc) is 2.74. The van der Waals surface area contributed by atoms with Crippen molar-refractivity contribution in [3.8, 4) is 11.6 Å². The molecule has 1 aromatic heterocycles. The zero-order chi connectivity index (χ0) is 21.7. The molecule has 2 aromatic carbocycles. The normalized spacial score (nSPS) is 11.6. The molecule has 1 heterocycles. The first-order chi connectivity index (χ1) is 14.4. The van der Waals surface area contributed by atoms with Gasteiger partial charge in [-0.25, -0.2) is 4.39 Å². The van der Waals surface area contributed by atoms with E-state index in [1.54, 1.807) is 31.2 Å². The van der Waals surface area contributed by atoms with Crippen LogP contribution in [0.1, 0.15) is 30.6 Å². The predicted octanol–water partition coefficient (Wildman–Crippen LogP) is 3.37. The zero-order valence-corrected chi connectivity index (χ0v) is 16.5. The molecule has 0 saturated heterocycles. The highest BCUT2D eigenvalue weighted by Gasteiger charge is 2.20. The van der Waals surface area contributed by atoms with Gasteiger partial charge in [-0.05, 0) is 61.9 Å². The molecule has 1 N–H and O–H groups in total. The molecule has 3 rings (SSSR count). The van der Waals surface area contributed by atoms with Crippen molar-refractivity contribution in [2.24, 2.45) is 0 Å². The van der Waals surface area contributed by atoms with E-state index >= 15 is 0 Å². The van der Waals surface area contributed by atoms with Gasteiger partial charge in [0, 0.05) is 23.4 Å². The average molecular weight is 409 g/mol. The van der Waals surface area contributed by atoms with Crippen LogP contribution in [0, 0.1) is 5.82 Å². The Balaban J connectivity index is 1.75. The molecule has 0 radical (unpaired) electrons. The Morgan fingerprint density at radius 2 is 1.73 bits per heavy atom. The summed E-state index contributed by atoms with van der Waals surface area (Å²) in [4.78, 5) is 36.0. The van der Waals surface area contributed by atoms with Crippen LogP contribution in [0.4, 0.5) is 10.1 Å². The molecule has 1 unspecified atom stereocenters. The molecule has 0 bridgehead atoms. The van der Waals surface area contributed by atoms with Crippen LogP contribution in [0.2, 0.25) is 0 Å². The van der Waals surface area contributed by atoms with Crippen LogP contribution in [0.5, 0.6) is 5.88 Å². The number of amides is 1. The van der Waals surface area contributed by atoms with Crippen molar-refractivity contribution < 1.29 is 18.7 Å². The van der Waals surface area contributed by atoms with Crippen molar-refractivity contribution in [3.63, 3.8) is 0 Å². The molecule has 1 atom stereocenters. The summed E-state index contributed by atoms with van der Waals surface area (Å²) < 4.78 is 19.9. The number of carbonyl (C=O) groups excluding carboxylic acids is 2. The van der Waals surface area contributed by atoms with Gasteiger partial charge in [0.2, 0.25) is 5.88 Å². The van der Waals surface area contributed by atoms with E-state index < -0.39 is 23.4 Å². The zero-order valence-electron chi connectivity index (χ0n) is 16.5. The number of nitrogens with zero attached hydrogens (tertiary/aromatic N) is 2. The van der Waals surface area contributed by atoms with Gasteiger partial charge in [-0.2, -0.15) is 4.68 Å². The maximum Gasteiger partial charge on any atom is 0.271 e. The molecule has 0 aliphatic carbocycles. The largest absolute Gasteiger partial charge is 0.463 e. The van der Waals surface area contributed by atoms with E-state index in [1.165, 1.54) is 43.3 Å². The minimum absolute atomic E-state index is 0.0648.